The fourth-order valence-electron chi connectivity index (χ4n) is 3.07. The van der Waals surface area contributed by atoms with Crippen LogP contribution in [-0.4, -0.2) is 9.55 Å². The van der Waals surface area contributed by atoms with Crippen molar-refractivity contribution in [2.75, 3.05) is 5.32 Å². The van der Waals surface area contributed by atoms with Crippen molar-refractivity contribution in [2.45, 2.75) is 13.5 Å². The van der Waals surface area contributed by atoms with Crippen LogP contribution in [0.25, 0.3) is 0 Å². The summed E-state index contributed by atoms with van der Waals surface area (Å²) in [5.41, 5.74) is 4.66. The molecule has 1 heterocycles. The summed E-state index contributed by atoms with van der Waals surface area (Å²) in [5.74, 6) is 1.21. The number of rotatable bonds is 6. The molecule has 1 N–H and O–H groups in total. The second kappa shape index (κ2) is 8.32. The van der Waals surface area contributed by atoms with Gasteiger partial charge in [-0.15, -0.1) is 0 Å². The van der Waals surface area contributed by atoms with Crippen molar-refractivity contribution in [1.29, 1.82) is 5.26 Å². The second-order valence-corrected chi connectivity index (χ2v) is 6.75. The molecule has 142 valence electrons. The maximum absolute atomic E-state index is 9.47. The zero-order valence-corrected chi connectivity index (χ0v) is 16.0. The standard InChI is InChI=1S/C24H20N4O/c1-18-5-2-3-8-23(18)27-21-6-4-7-22(14-21)29-24-13-19(9-10-20(24)15-25)16-28-12-11-26-17-28/h2-14,17,27H,16H2,1H3. The Morgan fingerprint density at radius 3 is 2.76 bits per heavy atom. The number of hydrogen-bond acceptors (Lipinski definition) is 4. The lowest BCUT2D eigenvalue weighted by atomic mass is 10.1. The highest BCUT2D eigenvalue weighted by atomic mass is 16.5. The first-order valence-corrected chi connectivity index (χ1v) is 9.30. The number of hydrogen-bond donors (Lipinski definition) is 1. The van der Waals surface area contributed by atoms with Crippen molar-refractivity contribution < 1.29 is 4.74 Å². The zero-order chi connectivity index (χ0) is 20.1. The molecule has 3 aromatic carbocycles. The fourth-order valence-corrected chi connectivity index (χ4v) is 3.07. The van der Waals surface area contributed by atoms with Gasteiger partial charge >= 0.3 is 0 Å². The van der Waals surface area contributed by atoms with Gasteiger partial charge in [0.25, 0.3) is 0 Å². The minimum Gasteiger partial charge on any atom is -0.456 e. The summed E-state index contributed by atoms with van der Waals surface area (Å²) in [7, 11) is 0. The van der Waals surface area contributed by atoms with Crippen molar-refractivity contribution in [3.05, 3.63) is 102 Å². The van der Waals surface area contributed by atoms with Gasteiger partial charge in [0.15, 0.2) is 0 Å². The molecule has 0 aliphatic rings. The first kappa shape index (κ1) is 18.3. The molecule has 1 aromatic heterocycles. The predicted octanol–water partition coefficient (Wildman–Crippen LogP) is 5.65. The van der Waals surface area contributed by atoms with Gasteiger partial charge < -0.3 is 14.6 Å². The third-order valence-electron chi connectivity index (χ3n) is 4.58. The van der Waals surface area contributed by atoms with E-state index in [1.165, 1.54) is 0 Å². The topological polar surface area (TPSA) is 62.9 Å². The van der Waals surface area contributed by atoms with Gasteiger partial charge in [-0.05, 0) is 48.4 Å². The van der Waals surface area contributed by atoms with Crippen molar-refractivity contribution in [1.82, 2.24) is 9.55 Å². The van der Waals surface area contributed by atoms with Crippen LogP contribution in [0.3, 0.4) is 0 Å². The average molecular weight is 380 g/mol. The number of imidazole rings is 1. The quantitative estimate of drug-likeness (QED) is 0.470. The molecular weight excluding hydrogens is 360 g/mol. The highest BCUT2D eigenvalue weighted by Gasteiger charge is 2.08. The van der Waals surface area contributed by atoms with Gasteiger partial charge in [0.05, 0.1) is 11.9 Å². The van der Waals surface area contributed by atoms with Crippen molar-refractivity contribution in [2.24, 2.45) is 0 Å². The molecule has 0 aliphatic heterocycles. The molecular formula is C24H20N4O. The maximum atomic E-state index is 9.47. The molecule has 5 heteroatoms. The van der Waals surface area contributed by atoms with Gasteiger partial charge in [-0.1, -0.05) is 30.3 Å². The van der Waals surface area contributed by atoms with Gasteiger partial charge in [0.2, 0.25) is 0 Å². The van der Waals surface area contributed by atoms with Gasteiger partial charge in [0, 0.05) is 36.4 Å². The summed E-state index contributed by atoms with van der Waals surface area (Å²) >= 11 is 0. The Morgan fingerprint density at radius 2 is 1.97 bits per heavy atom. The van der Waals surface area contributed by atoms with E-state index in [1.807, 2.05) is 65.4 Å². The molecule has 0 saturated carbocycles. The smallest absolute Gasteiger partial charge is 0.145 e. The number of ether oxygens (including phenoxy) is 1. The van der Waals surface area contributed by atoms with Crippen LogP contribution >= 0.6 is 0 Å². The van der Waals surface area contributed by atoms with Crippen LogP contribution < -0.4 is 10.1 Å². The van der Waals surface area contributed by atoms with Crippen LogP contribution in [0.2, 0.25) is 0 Å². The molecule has 0 radical (unpaired) electrons. The number of benzene rings is 3. The van der Waals surface area contributed by atoms with Crippen LogP contribution in [-0.2, 0) is 6.54 Å². The molecule has 0 aliphatic carbocycles. The van der Waals surface area contributed by atoms with E-state index < -0.39 is 0 Å². The van der Waals surface area contributed by atoms with E-state index in [1.54, 1.807) is 18.6 Å². The molecule has 29 heavy (non-hydrogen) atoms. The highest BCUT2D eigenvalue weighted by Crippen LogP contribution is 2.29. The molecule has 5 nitrogen and oxygen atoms in total. The van der Waals surface area contributed by atoms with Crippen LogP contribution in [0.1, 0.15) is 16.7 Å². The number of aryl methyl sites for hydroxylation is 1. The molecule has 0 atom stereocenters. The number of anilines is 2. The molecule has 0 amide bonds. The van der Waals surface area contributed by atoms with E-state index in [2.05, 4.69) is 29.4 Å². The molecule has 4 rings (SSSR count). The Morgan fingerprint density at radius 1 is 1.07 bits per heavy atom. The zero-order valence-electron chi connectivity index (χ0n) is 16.0. The van der Waals surface area contributed by atoms with Gasteiger partial charge in [-0.3, -0.25) is 0 Å². The first-order chi connectivity index (χ1) is 14.2. The van der Waals surface area contributed by atoms with E-state index in [0.29, 0.717) is 23.6 Å². The van der Waals surface area contributed by atoms with Crippen LogP contribution in [0, 0.1) is 18.3 Å². The molecule has 4 aromatic rings. The van der Waals surface area contributed by atoms with E-state index in [9.17, 15) is 5.26 Å². The number of nitrogens with one attached hydrogen (secondary N) is 1. The number of aromatic nitrogens is 2. The Balaban J connectivity index is 1.57. The van der Waals surface area contributed by atoms with Gasteiger partial charge in [-0.2, -0.15) is 5.26 Å². The summed E-state index contributed by atoms with van der Waals surface area (Å²) in [5, 5.41) is 12.9. The normalized spacial score (nSPS) is 10.3. The summed E-state index contributed by atoms with van der Waals surface area (Å²) < 4.78 is 8.05. The van der Waals surface area contributed by atoms with Crippen LogP contribution in [0.4, 0.5) is 11.4 Å². The summed E-state index contributed by atoms with van der Waals surface area (Å²) in [6.45, 7) is 2.73. The Hall–Kier alpha value is -4.04. The molecule has 0 bridgehead atoms. The Kier molecular flexibility index (Phi) is 5.26. The maximum Gasteiger partial charge on any atom is 0.145 e. The third kappa shape index (κ3) is 4.45. The Labute approximate surface area is 169 Å². The van der Waals surface area contributed by atoms with Crippen molar-refractivity contribution in [3.8, 4) is 17.6 Å². The number of para-hydroxylation sites is 1. The molecule has 0 spiro atoms. The van der Waals surface area contributed by atoms with Gasteiger partial charge in [0.1, 0.15) is 17.6 Å². The predicted molar refractivity (Wildman–Crippen MR) is 113 cm³/mol. The van der Waals surface area contributed by atoms with Crippen molar-refractivity contribution >= 4 is 11.4 Å². The first-order valence-electron chi connectivity index (χ1n) is 9.30. The largest absolute Gasteiger partial charge is 0.456 e. The minimum atomic E-state index is 0.497. The van der Waals surface area contributed by atoms with Crippen molar-refractivity contribution in [3.63, 3.8) is 0 Å². The van der Waals surface area contributed by atoms with Crippen LogP contribution in [0.15, 0.2) is 85.5 Å². The Bertz CT molecular complexity index is 1160. The lowest BCUT2D eigenvalue weighted by molar-refractivity contribution is 0.480. The SMILES string of the molecule is Cc1ccccc1Nc1cccc(Oc2cc(Cn3ccnc3)ccc2C#N)c1. The highest BCUT2D eigenvalue weighted by molar-refractivity contribution is 5.64. The lowest BCUT2D eigenvalue weighted by Gasteiger charge is -2.13. The van der Waals surface area contributed by atoms with Gasteiger partial charge in [-0.25, -0.2) is 4.98 Å². The lowest BCUT2D eigenvalue weighted by Crippen LogP contribution is -1.98. The summed E-state index contributed by atoms with van der Waals surface area (Å²) in [4.78, 5) is 4.06. The van der Waals surface area contributed by atoms with E-state index in [4.69, 9.17) is 4.74 Å². The summed E-state index contributed by atoms with van der Waals surface area (Å²) in [6.07, 6.45) is 5.41. The van der Waals surface area contributed by atoms with Crippen LogP contribution in [0.5, 0.6) is 11.5 Å². The second-order valence-electron chi connectivity index (χ2n) is 6.75. The number of nitriles is 1. The third-order valence-corrected chi connectivity index (χ3v) is 4.58. The van der Waals surface area contributed by atoms with E-state index in [0.717, 1.165) is 22.5 Å². The summed E-state index contributed by atoms with van der Waals surface area (Å²) in [6, 6.07) is 23.7. The molecule has 0 fully saturated rings. The van der Waals surface area contributed by atoms with E-state index >= 15 is 0 Å². The number of nitrogens with zero attached hydrogens (tertiary/aromatic N) is 3. The minimum absolute atomic E-state index is 0.497. The average Bonchev–Trinajstić information content (AvgIpc) is 3.23. The van der Waals surface area contributed by atoms with E-state index in [-0.39, 0.29) is 0 Å². The molecule has 0 unspecified atom stereocenters. The fraction of sp³-hybridized carbons (Fsp3) is 0.0833. The monoisotopic (exact) mass is 380 g/mol. The molecule has 0 saturated heterocycles.